The highest BCUT2D eigenvalue weighted by Crippen LogP contribution is 2.17. The molecule has 20 heavy (non-hydrogen) atoms. The van der Waals surface area contributed by atoms with Crippen molar-refractivity contribution < 1.29 is 14.3 Å². The van der Waals surface area contributed by atoms with E-state index < -0.39 is 17.2 Å². The van der Waals surface area contributed by atoms with Crippen LogP contribution in [0.15, 0.2) is 41.5 Å². The van der Waals surface area contributed by atoms with Crippen molar-refractivity contribution in [3.63, 3.8) is 0 Å². The minimum atomic E-state index is -1.26. The van der Waals surface area contributed by atoms with Crippen molar-refractivity contribution in [1.29, 1.82) is 0 Å². The zero-order valence-electron chi connectivity index (χ0n) is 11.0. The smallest absolute Gasteiger partial charge is 0.341 e. The van der Waals surface area contributed by atoms with Crippen LogP contribution in [-0.2, 0) is 6.54 Å². The Morgan fingerprint density at radius 2 is 1.90 bits per heavy atom. The summed E-state index contributed by atoms with van der Waals surface area (Å²) in [4.78, 5) is 23.3. The fraction of sp³-hybridized carbons (Fsp3) is 0.200. The Morgan fingerprint density at radius 1 is 1.25 bits per heavy atom. The molecule has 1 aromatic heterocycles. The van der Waals surface area contributed by atoms with Gasteiger partial charge in [0.15, 0.2) is 0 Å². The van der Waals surface area contributed by atoms with Gasteiger partial charge >= 0.3 is 5.97 Å². The van der Waals surface area contributed by atoms with E-state index in [0.29, 0.717) is 12.1 Å². The maximum absolute atomic E-state index is 12.9. The summed E-state index contributed by atoms with van der Waals surface area (Å²) in [6.45, 7) is 2.56. The van der Waals surface area contributed by atoms with E-state index in [2.05, 4.69) is 0 Å². The highest BCUT2D eigenvalue weighted by atomic mass is 19.1. The Bertz CT molecular complexity index is 689. The van der Waals surface area contributed by atoms with Crippen LogP contribution in [0, 0.1) is 5.82 Å². The van der Waals surface area contributed by atoms with E-state index in [-0.39, 0.29) is 11.1 Å². The molecule has 0 aliphatic carbocycles. The number of carboxylic acid groups (broad SMARTS) is 1. The molecule has 0 bridgehead atoms. The van der Waals surface area contributed by atoms with Crippen molar-refractivity contribution >= 4 is 5.97 Å². The molecular weight excluding hydrogens is 261 g/mol. The summed E-state index contributed by atoms with van der Waals surface area (Å²) in [5.74, 6) is -1.67. The molecular formula is C15H14FNO3. The van der Waals surface area contributed by atoms with Crippen LogP contribution in [0.1, 0.15) is 23.7 Å². The Balaban J connectivity index is 2.64. The van der Waals surface area contributed by atoms with Crippen molar-refractivity contribution in [2.75, 3.05) is 0 Å². The number of aromatic carboxylic acids is 1. The largest absolute Gasteiger partial charge is 0.477 e. The van der Waals surface area contributed by atoms with Crippen LogP contribution in [0.2, 0.25) is 0 Å². The molecule has 5 heteroatoms. The van der Waals surface area contributed by atoms with E-state index in [9.17, 15) is 14.0 Å². The predicted molar refractivity (Wildman–Crippen MR) is 73.3 cm³/mol. The molecule has 0 radical (unpaired) electrons. The second-order valence-electron chi connectivity index (χ2n) is 4.46. The van der Waals surface area contributed by atoms with Gasteiger partial charge in [0.2, 0.25) is 5.43 Å². The number of hydrogen-bond acceptors (Lipinski definition) is 2. The van der Waals surface area contributed by atoms with Crippen LogP contribution in [0.4, 0.5) is 4.39 Å². The number of carboxylic acids is 1. The summed E-state index contributed by atoms with van der Waals surface area (Å²) in [6.07, 6.45) is 3.75. The minimum Gasteiger partial charge on any atom is -0.477 e. The van der Waals surface area contributed by atoms with Crippen molar-refractivity contribution in [2.45, 2.75) is 19.9 Å². The summed E-state index contributed by atoms with van der Waals surface area (Å²) < 4.78 is 14.6. The van der Waals surface area contributed by atoms with Gasteiger partial charge in [-0.15, -0.1) is 0 Å². The molecule has 4 nitrogen and oxygen atoms in total. The fourth-order valence-electron chi connectivity index (χ4n) is 2.01. The molecule has 1 N–H and O–H groups in total. The van der Waals surface area contributed by atoms with Crippen molar-refractivity contribution in [3.8, 4) is 11.1 Å². The van der Waals surface area contributed by atoms with Gasteiger partial charge in [0.25, 0.3) is 0 Å². The molecule has 0 spiro atoms. The van der Waals surface area contributed by atoms with E-state index in [1.165, 1.54) is 30.5 Å². The first kappa shape index (κ1) is 14.0. The lowest BCUT2D eigenvalue weighted by Gasteiger charge is -2.09. The van der Waals surface area contributed by atoms with Gasteiger partial charge in [-0.05, 0) is 24.1 Å². The van der Waals surface area contributed by atoms with Gasteiger partial charge in [-0.25, -0.2) is 9.18 Å². The Morgan fingerprint density at radius 3 is 2.45 bits per heavy atom. The molecule has 1 heterocycles. The number of halogens is 1. The first-order chi connectivity index (χ1) is 9.52. The van der Waals surface area contributed by atoms with Gasteiger partial charge in [-0.1, -0.05) is 19.1 Å². The molecule has 2 aromatic rings. The Kier molecular flexibility index (Phi) is 3.98. The number of nitrogens with zero attached hydrogens (tertiary/aromatic N) is 1. The third-order valence-corrected chi connectivity index (χ3v) is 2.95. The van der Waals surface area contributed by atoms with E-state index >= 15 is 0 Å². The lowest BCUT2D eigenvalue weighted by atomic mass is 10.0. The normalized spacial score (nSPS) is 10.5. The van der Waals surface area contributed by atoms with Crippen LogP contribution < -0.4 is 5.43 Å². The average Bonchev–Trinajstić information content (AvgIpc) is 2.41. The molecule has 0 unspecified atom stereocenters. The van der Waals surface area contributed by atoms with Gasteiger partial charge in [0.1, 0.15) is 11.4 Å². The summed E-state index contributed by atoms with van der Waals surface area (Å²) in [6, 6.07) is 5.42. The molecule has 0 saturated carbocycles. The molecule has 0 aliphatic heterocycles. The Labute approximate surface area is 115 Å². The molecule has 0 amide bonds. The van der Waals surface area contributed by atoms with Crippen molar-refractivity contribution in [2.24, 2.45) is 0 Å². The molecule has 0 fully saturated rings. The third-order valence-electron chi connectivity index (χ3n) is 2.95. The number of aromatic nitrogens is 1. The Hall–Kier alpha value is -2.43. The highest BCUT2D eigenvalue weighted by molar-refractivity contribution is 5.88. The monoisotopic (exact) mass is 275 g/mol. The topological polar surface area (TPSA) is 59.3 Å². The lowest BCUT2D eigenvalue weighted by molar-refractivity contribution is 0.0694. The van der Waals surface area contributed by atoms with Gasteiger partial charge in [-0.2, -0.15) is 0 Å². The molecule has 0 saturated heterocycles. The number of aryl methyl sites for hydroxylation is 1. The SMILES string of the molecule is CCCn1cc(C(=O)O)c(=O)c(-c2ccc(F)cc2)c1. The molecule has 0 atom stereocenters. The second-order valence-corrected chi connectivity index (χ2v) is 4.46. The standard InChI is InChI=1S/C15H14FNO3/c1-2-7-17-8-12(10-3-5-11(16)6-4-10)14(18)13(9-17)15(19)20/h3-6,8-9H,2,7H2,1H3,(H,19,20). The van der Waals surface area contributed by atoms with Crippen molar-refractivity contribution in [3.05, 3.63) is 58.3 Å². The lowest BCUT2D eigenvalue weighted by Crippen LogP contribution is -2.19. The number of hydrogen-bond donors (Lipinski definition) is 1. The van der Waals surface area contributed by atoms with E-state index in [0.717, 1.165) is 6.42 Å². The van der Waals surface area contributed by atoms with Crippen LogP contribution in [0.3, 0.4) is 0 Å². The highest BCUT2D eigenvalue weighted by Gasteiger charge is 2.14. The zero-order chi connectivity index (χ0) is 14.7. The maximum atomic E-state index is 12.9. The predicted octanol–water partition coefficient (Wildman–Crippen LogP) is 2.76. The summed E-state index contributed by atoms with van der Waals surface area (Å²) in [5.41, 5.74) is -0.0700. The average molecular weight is 275 g/mol. The molecule has 2 rings (SSSR count). The number of carbonyl (C=O) groups is 1. The first-order valence-corrected chi connectivity index (χ1v) is 6.26. The van der Waals surface area contributed by atoms with Gasteiger partial charge in [-0.3, -0.25) is 4.79 Å². The molecule has 104 valence electrons. The van der Waals surface area contributed by atoms with Crippen LogP contribution in [0.25, 0.3) is 11.1 Å². The zero-order valence-corrected chi connectivity index (χ0v) is 11.0. The summed E-state index contributed by atoms with van der Waals surface area (Å²) in [5, 5.41) is 9.10. The van der Waals surface area contributed by atoms with Crippen LogP contribution >= 0.6 is 0 Å². The second kappa shape index (κ2) is 5.69. The quantitative estimate of drug-likeness (QED) is 0.933. The number of rotatable bonds is 4. The van der Waals surface area contributed by atoms with Gasteiger partial charge in [0.05, 0.1) is 0 Å². The third kappa shape index (κ3) is 2.77. The fourth-order valence-corrected chi connectivity index (χ4v) is 2.01. The first-order valence-electron chi connectivity index (χ1n) is 6.26. The van der Waals surface area contributed by atoms with Crippen molar-refractivity contribution in [1.82, 2.24) is 4.57 Å². The minimum absolute atomic E-state index is 0.262. The van der Waals surface area contributed by atoms with Gasteiger partial charge in [0, 0.05) is 24.5 Å². The summed E-state index contributed by atoms with van der Waals surface area (Å²) in [7, 11) is 0. The van der Waals surface area contributed by atoms with E-state index in [1.54, 1.807) is 10.8 Å². The maximum Gasteiger partial charge on any atom is 0.341 e. The van der Waals surface area contributed by atoms with Crippen LogP contribution in [-0.4, -0.2) is 15.6 Å². The number of pyridine rings is 1. The molecule has 0 aliphatic rings. The van der Waals surface area contributed by atoms with Gasteiger partial charge < -0.3 is 9.67 Å². The number of benzene rings is 1. The molecule has 1 aromatic carbocycles. The van der Waals surface area contributed by atoms with E-state index in [1.807, 2.05) is 6.92 Å². The van der Waals surface area contributed by atoms with E-state index in [4.69, 9.17) is 5.11 Å². The summed E-state index contributed by atoms with van der Waals surface area (Å²) >= 11 is 0. The van der Waals surface area contributed by atoms with Crippen LogP contribution in [0.5, 0.6) is 0 Å².